The number of hydrogen-bond acceptors (Lipinski definition) is 3. The van der Waals surface area contributed by atoms with E-state index in [0.717, 1.165) is 25.7 Å². The first kappa shape index (κ1) is 15.5. The minimum atomic E-state index is -0.893. The van der Waals surface area contributed by atoms with Crippen LogP contribution < -0.4 is 5.32 Å². The van der Waals surface area contributed by atoms with Crippen LogP contribution >= 0.6 is 11.8 Å². The molecule has 4 unspecified atom stereocenters. The molecule has 5 nitrogen and oxygen atoms in total. The Labute approximate surface area is 124 Å². The Balaban J connectivity index is 1.98. The lowest BCUT2D eigenvalue weighted by atomic mass is 9.95. The molecule has 0 aromatic heterocycles. The third-order valence-electron chi connectivity index (χ3n) is 4.53. The summed E-state index contributed by atoms with van der Waals surface area (Å²) < 4.78 is 0. The molecule has 1 saturated heterocycles. The third kappa shape index (κ3) is 3.22. The van der Waals surface area contributed by atoms with Gasteiger partial charge in [-0.3, -0.25) is 0 Å². The Hall–Kier alpha value is -0.910. The first-order chi connectivity index (χ1) is 9.54. The molecule has 2 N–H and O–H groups in total. The van der Waals surface area contributed by atoms with E-state index in [4.69, 9.17) is 0 Å². The zero-order valence-electron chi connectivity index (χ0n) is 12.2. The number of likely N-dealkylation sites (tertiary alicyclic amines) is 1. The maximum absolute atomic E-state index is 12.4. The van der Waals surface area contributed by atoms with Crippen LogP contribution in [0.5, 0.6) is 0 Å². The smallest absolute Gasteiger partial charge is 0.326 e. The van der Waals surface area contributed by atoms with Gasteiger partial charge in [-0.15, -0.1) is 0 Å². The maximum Gasteiger partial charge on any atom is 0.326 e. The van der Waals surface area contributed by atoms with Gasteiger partial charge >= 0.3 is 12.0 Å². The number of hydrogen-bond donors (Lipinski definition) is 2. The quantitative estimate of drug-likeness (QED) is 0.838. The third-order valence-corrected chi connectivity index (χ3v) is 5.70. The number of nitrogens with zero attached hydrogens (tertiary/aromatic N) is 1. The zero-order chi connectivity index (χ0) is 14.7. The lowest BCUT2D eigenvalue weighted by molar-refractivity contribution is -0.142. The summed E-state index contributed by atoms with van der Waals surface area (Å²) in [6.45, 7) is 2.44. The fraction of sp³-hybridized carbons (Fsp3) is 0.857. The molecule has 0 radical (unpaired) electrons. The van der Waals surface area contributed by atoms with Crippen molar-refractivity contribution in [1.82, 2.24) is 10.2 Å². The van der Waals surface area contributed by atoms with E-state index in [1.54, 1.807) is 11.8 Å². The summed E-state index contributed by atoms with van der Waals surface area (Å²) in [6.07, 6.45) is 7.33. The van der Waals surface area contributed by atoms with Crippen LogP contribution in [-0.4, -0.2) is 52.1 Å². The van der Waals surface area contributed by atoms with Crippen molar-refractivity contribution in [1.29, 1.82) is 0 Å². The van der Waals surface area contributed by atoms with Gasteiger partial charge in [0, 0.05) is 17.8 Å². The Morgan fingerprint density at radius 3 is 2.60 bits per heavy atom. The number of nitrogens with one attached hydrogen (secondary N) is 1. The average molecular weight is 300 g/mol. The van der Waals surface area contributed by atoms with Crippen LogP contribution in [0, 0.1) is 5.92 Å². The van der Waals surface area contributed by atoms with Crippen molar-refractivity contribution < 1.29 is 14.7 Å². The van der Waals surface area contributed by atoms with Crippen molar-refractivity contribution in [3.63, 3.8) is 0 Å². The molecule has 0 aromatic rings. The van der Waals surface area contributed by atoms with Crippen LogP contribution in [0.15, 0.2) is 0 Å². The first-order valence-corrected chi connectivity index (χ1v) is 8.66. The molecule has 1 aliphatic heterocycles. The minimum absolute atomic E-state index is 0.0287. The molecule has 2 aliphatic rings. The molecular formula is C14H24N2O3S. The monoisotopic (exact) mass is 300 g/mol. The number of carboxylic acids is 1. The van der Waals surface area contributed by atoms with E-state index in [2.05, 4.69) is 11.6 Å². The van der Waals surface area contributed by atoms with Crippen LogP contribution in [0.2, 0.25) is 0 Å². The summed E-state index contributed by atoms with van der Waals surface area (Å²) in [4.78, 5) is 25.2. The van der Waals surface area contributed by atoms with Gasteiger partial charge in [-0.05, 0) is 31.4 Å². The average Bonchev–Trinajstić information content (AvgIpc) is 2.81. The molecule has 2 rings (SSSR count). The highest BCUT2D eigenvalue weighted by atomic mass is 32.2. The van der Waals surface area contributed by atoms with Gasteiger partial charge in [0.25, 0.3) is 0 Å². The lowest BCUT2D eigenvalue weighted by Crippen LogP contribution is -2.53. The zero-order valence-corrected chi connectivity index (χ0v) is 13.0. The van der Waals surface area contributed by atoms with Crippen molar-refractivity contribution in [3.8, 4) is 0 Å². The van der Waals surface area contributed by atoms with Gasteiger partial charge in [-0.2, -0.15) is 11.8 Å². The normalized spacial score (nSPS) is 34.0. The maximum atomic E-state index is 12.4. The predicted octanol–water partition coefficient (Wildman–Crippen LogP) is 2.17. The Kier molecular flexibility index (Phi) is 5.18. The largest absolute Gasteiger partial charge is 0.480 e. The molecular weight excluding hydrogens is 276 g/mol. The van der Waals surface area contributed by atoms with E-state index < -0.39 is 12.0 Å². The number of urea groups is 1. The van der Waals surface area contributed by atoms with E-state index in [-0.39, 0.29) is 18.0 Å². The van der Waals surface area contributed by atoms with Gasteiger partial charge in [-0.25, -0.2) is 9.59 Å². The van der Waals surface area contributed by atoms with Crippen molar-refractivity contribution in [3.05, 3.63) is 0 Å². The molecule has 114 valence electrons. The second-order valence-corrected chi connectivity index (χ2v) is 6.93. The highest BCUT2D eigenvalue weighted by molar-refractivity contribution is 7.99. The van der Waals surface area contributed by atoms with Crippen molar-refractivity contribution in [2.75, 3.05) is 12.8 Å². The van der Waals surface area contributed by atoms with Crippen LogP contribution in [0.1, 0.15) is 39.0 Å². The first-order valence-electron chi connectivity index (χ1n) is 7.37. The summed E-state index contributed by atoms with van der Waals surface area (Å²) in [5.74, 6) is -0.865. The number of carbonyl (C=O) groups excluding carboxylic acids is 1. The van der Waals surface area contributed by atoms with E-state index in [9.17, 15) is 14.7 Å². The highest BCUT2D eigenvalue weighted by Gasteiger charge is 2.40. The van der Waals surface area contributed by atoms with Gasteiger partial charge in [-0.1, -0.05) is 19.8 Å². The van der Waals surface area contributed by atoms with Gasteiger partial charge in [0.2, 0.25) is 0 Å². The molecule has 0 spiro atoms. The van der Waals surface area contributed by atoms with Crippen LogP contribution in [0.4, 0.5) is 4.79 Å². The Bertz CT molecular complexity index is 377. The van der Waals surface area contributed by atoms with Crippen LogP contribution in [0.3, 0.4) is 0 Å². The fourth-order valence-corrected chi connectivity index (χ4v) is 4.27. The second-order valence-electron chi connectivity index (χ2n) is 5.86. The van der Waals surface area contributed by atoms with Crippen LogP contribution in [0.25, 0.3) is 0 Å². The standard InChI is InChI=1S/C14H24N2O3S/c1-9-7-8-16(12(9)13(17)18)14(19)15-10-5-3-4-6-11(10)20-2/h9-12H,3-8H2,1-2H3,(H,15,19)(H,17,18). The summed E-state index contributed by atoms with van der Waals surface area (Å²) in [5, 5.41) is 12.8. The molecule has 20 heavy (non-hydrogen) atoms. The summed E-state index contributed by atoms with van der Waals surface area (Å²) in [6, 6.07) is -0.698. The molecule has 1 aliphatic carbocycles. The molecule has 4 atom stereocenters. The number of aliphatic carboxylic acids is 1. The van der Waals surface area contributed by atoms with Gasteiger partial charge in [0.1, 0.15) is 6.04 Å². The molecule has 0 aromatic carbocycles. The molecule has 2 amide bonds. The fourth-order valence-electron chi connectivity index (χ4n) is 3.34. The molecule has 0 bridgehead atoms. The Morgan fingerprint density at radius 1 is 1.25 bits per heavy atom. The van der Waals surface area contributed by atoms with Crippen LogP contribution in [-0.2, 0) is 4.79 Å². The number of carbonyl (C=O) groups is 2. The van der Waals surface area contributed by atoms with Gasteiger partial charge < -0.3 is 15.3 Å². The Morgan fingerprint density at radius 2 is 1.95 bits per heavy atom. The summed E-state index contributed by atoms with van der Waals surface area (Å²) in [7, 11) is 0. The van der Waals surface area contributed by atoms with Crippen molar-refractivity contribution >= 4 is 23.8 Å². The summed E-state index contributed by atoms with van der Waals surface area (Å²) >= 11 is 1.80. The van der Waals surface area contributed by atoms with E-state index in [1.165, 1.54) is 11.3 Å². The summed E-state index contributed by atoms with van der Waals surface area (Å²) in [5.41, 5.74) is 0. The molecule has 2 fully saturated rings. The number of rotatable bonds is 3. The molecule has 6 heteroatoms. The molecule has 1 heterocycles. The van der Waals surface area contributed by atoms with Crippen molar-refractivity contribution in [2.24, 2.45) is 5.92 Å². The number of thioether (sulfide) groups is 1. The van der Waals surface area contributed by atoms with Gasteiger partial charge in [0.05, 0.1) is 0 Å². The van der Waals surface area contributed by atoms with Gasteiger partial charge in [0.15, 0.2) is 0 Å². The second kappa shape index (κ2) is 6.70. The SMILES string of the molecule is CSC1CCCCC1NC(=O)N1CCC(C)C1C(=O)O. The predicted molar refractivity (Wildman–Crippen MR) is 80.0 cm³/mol. The van der Waals surface area contributed by atoms with E-state index in [0.29, 0.717) is 11.8 Å². The minimum Gasteiger partial charge on any atom is -0.480 e. The number of amides is 2. The van der Waals surface area contributed by atoms with E-state index in [1.807, 2.05) is 6.92 Å². The molecule has 1 saturated carbocycles. The lowest BCUT2D eigenvalue weighted by Gasteiger charge is -2.33. The topological polar surface area (TPSA) is 69.6 Å². The highest BCUT2D eigenvalue weighted by Crippen LogP contribution is 2.28. The number of carboxylic acid groups (broad SMARTS) is 1. The van der Waals surface area contributed by atoms with Crippen molar-refractivity contribution in [2.45, 2.75) is 56.4 Å². The van der Waals surface area contributed by atoms with E-state index >= 15 is 0 Å².